The van der Waals surface area contributed by atoms with Crippen LogP contribution in [0.15, 0.2) is 53.4 Å². The zero-order valence-electron chi connectivity index (χ0n) is 11.3. The predicted molar refractivity (Wildman–Crippen MR) is 82.5 cm³/mol. The Morgan fingerprint density at radius 3 is 2.74 bits per heavy atom. The van der Waals surface area contributed by atoms with E-state index < -0.39 is 0 Å². The molecule has 2 aromatic carbocycles. The van der Waals surface area contributed by atoms with E-state index in [4.69, 9.17) is 0 Å². The number of fused-ring (bicyclic) bond motifs is 1. The van der Waals surface area contributed by atoms with Crippen molar-refractivity contribution in [2.75, 3.05) is 13.6 Å². The third-order valence-corrected chi connectivity index (χ3v) is 4.69. The van der Waals surface area contributed by atoms with Crippen LogP contribution in [0.25, 0.3) is 0 Å². The van der Waals surface area contributed by atoms with Gasteiger partial charge in [-0.25, -0.2) is 0 Å². The molecule has 0 atom stereocenters. The Morgan fingerprint density at radius 1 is 1.05 bits per heavy atom. The molecule has 0 amide bonds. The molecule has 0 fully saturated rings. The van der Waals surface area contributed by atoms with Gasteiger partial charge in [0, 0.05) is 23.7 Å². The SMILES string of the molecule is CN1CCc2ccc(SCc3ccccc3)cc2C1. The molecule has 0 aromatic heterocycles. The van der Waals surface area contributed by atoms with Crippen molar-refractivity contribution in [1.29, 1.82) is 0 Å². The highest BCUT2D eigenvalue weighted by molar-refractivity contribution is 7.98. The van der Waals surface area contributed by atoms with Crippen LogP contribution in [-0.4, -0.2) is 18.5 Å². The van der Waals surface area contributed by atoms with E-state index in [-0.39, 0.29) is 0 Å². The first-order valence-electron chi connectivity index (χ1n) is 6.78. The second-order valence-corrected chi connectivity index (χ2v) is 6.24. The van der Waals surface area contributed by atoms with E-state index in [1.807, 2.05) is 11.8 Å². The maximum Gasteiger partial charge on any atom is 0.0233 e. The van der Waals surface area contributed by atoms with Gasteiger partial charge in [0.25, 0.3) is 0 Å². The van der Waals surface area contributed by atoms with E-state index in [1.54, 1.807) is 0 Å². The summed E-state index contributed by atoms with van der Waals surface area (Å²) < 4.78 is 0. The van der Waals surface area contributed by atoms with Gasteiger partial charge in [-0.3, -0.25) is 0 Å². The standard InChI is InChI=1S/C17H19NS/c1-18-10-9-15-7-8-17(11-16(15)12-18)19-13-14-5-3-2-4-6-14/h2-8,11H,9-10,12-13H2,1H3. The Hall–Kier alpha value is -1.25. The first-order valence-corrected chi connectivity index (χ1v) is 7.77. The minimum absolute atomic E-state index is 1.05. The molecule has 1 heterocycles. The van der Waals surface area contributed by atoms with Crippen molar-refractivity contribution in [3.05, 3.63) is 65.2 Å². The lowest BCUT2D eigenvalue weighted by atomic mass is 10.0. The smallest absolute Gasteiger partial charge is 0.0233 e. The summed E-state index contributed by atoms with van der Waals surface area (Å²) in [4.78, 5) is 3.78. The number of hydrogen-bond donors (Lipinski definition) is 0. The van der Waals surface area contributed by atoms with Crippen molar-refractivity contribution in [2.45, 2.75) is 23.6 Å². The van der Waals surface area contributed by atoms with Crippen LogP contribution >= 0.6 is 11.8 Å². The van der Waals surface area contributed by atoms with Crippen LogP contribution in [0.5, 0.6) is 0 Å². The fourth-order valence-corrected chi connectivity index (χ4v) is 3.42. The molecule has 0 saturated heterocycles. The van der Waals surface area contributed by atoms with Gasteiger partial charge in [0.2, 0.25) is 0 Å². The summed E-state index contributed by atoms with van der Waals surface area (Å²) in [6.45, 7) is 2.28. The Morgan fingerprint density at radius 2 is 1.89 bits per heavy atom. The molecule has 0 bridgehead atoms. The molecule has 2 heteroatoms. The number of rotatable bonds is 3. The Labute approximate surface area is 119 Å². The molecule has 3 rings (SSSR count). The highest BCUT2D eigenvalue weighted by atomic mass is 32.2. The van der Waals surface area contributed by atoms with Crippen molar-refractivity contribution in [3.63, 3.8) is 0 Å². The van der Waals surface area contributed by atoms with Gasteiger partial charge in [-0.15, -0.1) is 11.8 Å². The van der Waals surface area contributed by atoms with Gasteiger partial charge in [0.05, 0.1) is 0 Å². The highest BCUT2D eigenvalue weighted by Gasteiger charge is 2.13. The molecular weight excluding hydrogens is 250 g/mol. The zero-order valence-corrected chi connectivity index (χ0v) is 12.1. The van der Waals surface area contributed by atoms with Gasteiger partial charge in [-0.05, 0) is 42.3 Å². The van der Waals surface area contributed by atoms with Gasteiger partial charge < -0.3 is 4.90 Å². The summed E-state index contributed by atoms with van der Waals surface area (Å²) in [5.41, 5.74) is 4.43. The largest absolute Gasteiger partial charge is 0.302 e. The van der Waals surface area contributed by atoms with Gasteiger partial charge >= 0.3 is 0 Å². The van der Waals surface area contributed by atoms with Crippen molar-refractivity contribution in [3.8, 4) is 0 Å². The number of nitrogens with zero attached hydrogens (tertiary/aromatic N) is 1. The topological polar surface area (TPSA) is 3.24 Å². The molecule has 0 aliphatic carbocycles. The van der Waals surface area contributed by atoms with Crippen molar-refractivity contribution >= 4 is 11.8 Å². The Bertz CT molecular complexity index is 550. The second-order valence-electron chi connectivity index (χ2n) is 5.19. The van der Waals surface area contributed by atoms with E-state index in [1.165, 1.54) is 34.6 Å². The average molecular weight is 269 g/mol. The average Bonchev–Trinajstić information content (AvgIpc) is 2.46. The second kappa shape index (κ2) is 5.81. The molecular formula is C17H19NS. The third kappa shape index (κ3) is 3.20. The fourth-order valence-electron chi connectivity index (χ4n) is 2.51. The number of hydrogen-bond acceptors (Lipinski definition) is 2. The number of thioether (sulfide) groups is 1. The van der Waals surface area contributed by atoms with Crippen molar-refractivity contribution in [1.82, 2.24) is 4.90 Å². The maximum absolute atomic E-state index is 2.40. The fraction of sp³-hybridized carbons (Fsp3) is 0.294. The van der Waals surface area contributed by atoms with Crippen molar-refractivity contribution in [2.24, 2.45) is 0 Å². The molecule has 0 spiro atoms. The molecule has 0 N–H and O–H groups in total. The minimum atomic E-state index is 1.05. The van der Waals surface area contributed by atoms with E-state index >= 15 is 0 Å². The van der Waals surface area contributed by atoms with E-state index in [0.29, 0.717) is 0 Å². The van der Waals surface area contributed by atoms with E-state index in [0.717, 1.165) is 12.3 Å². The van der Waals surface area contributed by atoms with Crippen LogP contribution in [0.3, 0.4) is 0 Å². The summed E-state index contributed by atoms with van der Waals surface area (Å²) in [5, 5.41) is 0. The summed E-state index contributed by atoms with van der Waals surface area (Å²) in [6, 6.07) is 17.6. The van der Waals surface area contributed by atoms with Gasteiger partial charge in [-0.2, -0.15) is 0 Å². The summed E-state index contributed by atoms with van der Waals surface area (Å²) in [5.74, 6) is 1.05. The predicted octanol–water partition coefficient (Wildman–Crippen LogP) is 3.97. The normalized spacial score (nSPS) is 15.2. The summed E-state index contributed by atoms with van der Waals surface area (Å²) >= 11 is 1.93. The monoisotopic (exact) mass is 269 g/mol. The lowest BCUT2D eigenvalue weighted by molar-refractivity contribution is 0.312. The van der Waals surface area contributed by atoms with Crippen LogP contribution in [0.2, 0.25) is 0 Å². The highest BCUT2D eigenvalue weighted by Crippen LogP contribution is 2.27. The van der Waals surface area contributed by atoms with Crippen molar-refractivity contribution < 1.29 is 0 Å². The van der Waals surface area contributed by atoms with Gasteiger partial charge in [0.1, 0.15) is 0 Å². The summed E-state index contributed by atoms with van der Waals surface area (Å²) in [6.07, 6.45) is 1.19. The maximum atomic E-state index is 2.40. The lowest BCUT2D eigenvalue weighted by Crippen LogP contribution is -2.26. The molecule has 1 aliphatic heterocycles. The van der Waals surface area contributed by atoms with Crippen LogP contribution in [0, 0.1) is 0 Å². The number of likely N-dealkylation sites (N-methyl/N-ethyl adjacent to an activating group) is 1. The molecule has 1 nitrogen and oxygen atoms in total. The van der Waals surface area contributed by atoms with E-state index in [9.17, 15) is 0 Å². The van der Waals surface area contributed by atoms with Gasteiger partial charge in [0.15, 0.2) is 0 Å². The van der Waals surface area contributed by atoms with Crippen LogP contribution < -0.4 is 0 Å². The first-order chi connectivity index (χ1) is 9.31. The first kappa shape index (κ1) is 12.8. The van der Waals surface area contributed by atoms with Crippen LogP contribution in [0.4, 0.5) is 0 Å². The van der Waals surface area contributed by atoms with Gasteiger partial charge in [-0.1, -0.05) is 36.4 Å². The van der Waals surface area contributed by atoms with E-state index in [2.05, 4.69) is 60.5 Å². The molecule has 98 valence electrons. The number of benzene rings is 2. The Balaban J connectivity index is 1.70. The lowest BCUT2D eigenvalue weighted by Gasteiger charge is -2.25. The quantitative estimate of drug-likeness (QED) is 0.776. The molecule has 0 radical (unpaired) electrons. The summed E-state index contributed by atoms with van der Waals surface area (Å²) in [7, 11) is 2.20. The Kier molecular flexibility index (Phi) is 3.90. The van der Waals surface area contributed by atoms with Crippen LogP contribution in [-0.2, 0) is 18.7 Å². The minimum Gasteiger partial charge on any atom is -0.302 e. The molecule has 19 heavy (non-hydrogen) atoms. The zero-order chi connectivity index (χ0) is 13.1. The molecule has 2 aromatic rings. The molecule has 0 unspecified atom stereocenters. The van der Waals surface area contributed by atoms with Crippen LogP contribution in [0.1, 0.15) is 16.7 Å². The molecule has 1 aliphatic rings. The third-order valence-electron chi connectivity index (χ3n) is 3.63. The molecule has 0 saturated carbocycles.